The molecular formula is C17H23N3O3S2. The minimum atomic E-state index is -3.19. The summed E-state index contributed by atoms with van der Waals surface area (Å²) in [6.07, 6.45) is 2.87. The fourth-order valence-corrected chi connectivity index (χ4v) is 6.42. The number of fused-ring (bicyclic) bond motifs is 1. The predicted molar refractivity (Wildman–Crippen MR) is 101 cm³/mol. The van der Waals surface area contributed by atoms with Gasteiger partial charge in [-0.25, -0.2) is 17.7 Å². The quantitative estimate of drug-likeness (QED) is 0.882. The van der Waals surface area contributed by atoms with Gasteiger partial charge in [0.25, 0.3) is 0 Å². The molecule has 1 aromatic heterocycles. The number of aromatic nitrogens is 1. The summed E-state index contributed by atoms with van der Waals surface area (Å²) in [6, 6.07) is 8.37. The van der Waals surface area contributed by atoms with Crippen molar-refractivity contribution in [3.63, 3.8) is 0 Å². The smallest absolute Gasteiger partial charge is 0.217 e. The molecule has 2 aliphatic rings. The second-order valence-corrected chi connectivity index (χ2v) is 9.90. The van der Waals surface area contributed by atoms with E-state index in [2.05, 4.69) is 16.4 Å². The average Bonchev–Trinajstić information content (AvgIpc) is 3.05. The minimum absolute atomic E-state index is 0.268. The van der Waals surface area contributed by atoms with Crippen molar-refractivity contribution in [2.75, 3.05) is 31.6 Å². The number of hydrogen-bond acceptors (Lipinski definition) is 6. The molecule has 4 rings (SSSR count). The van der Waals surface area contributed by atoms with Gasteiger partial charge in [-0.1, -0.05) is 23.5 Å². The SMILES string of the molecule is O=S(=O)(C1CCOCC1)N1CCC(Nc2nc3ccccc3s2)CC1. The molecule has 25 heavy (non-hydrogen) atoms. The number of ether oxygens (including phenoxy) is 1. The summed E-state index contributed by atoms with van der Waals surface area (Å²) in [4.78, 5) is 4.61. The molecule has 0 amide bonds. The maximum atomic E-state index is 12.8. The number of para-hydroxylation sites is 1. The van der Waals surface area contributed by atoms with Crippen molar-refractivity contribution in [1.82, 2.24) is 9.29 Å². The molecule has 1 aromatic carbocycles. The van der Waals surface area contributed by atoms with Crippen molar-refractivity contribution in [2.24, 2.45) is 0 Å². The molecule has 0 aliphatic carbocycles. The highest BCUT2D eigenvalue weighted by atomic mass is 32.2. The van der Waals surface area contributed by atoms with Crippen LogP contribution in [0.4, 0.5) is 5.13 Å². The number of piperidine rings is 1. The standard InChI is InChI=1S/C17H23N3O3S2/c21-25(22,14-7-11-23-12-8-14)20-9-5-13(6-10-20)18-17-19-15-3-1-2-4-16(15)24-17/h1-4,13-14H,5-12H2,(H,18,19). The molecule has 0 spiro atoms. The fraction of sp³-hybridized carbons (Fsp3) is 0.588. The van der Waals surface area contributed by atoms with Crippen LogP contribution in [0, 0.1) is 0 Å². The van der Waals surface area contributed by atoms with Gasteiger partial charge in [-0.2, -0.15) is 0 Å². The molecule has 136 valence electrons. The summed E-state index contributed by atoms with van der Waals surface area (Å²) in [6.45, 7) is 2.28. The molecule has 1 N–H and O–H groups in total. The van der Waals surface area contributed by atoms with E-state index in [9.17, 15) is 8.42 Å². The molecular weight excluding hydrogens is 358 g/mol. The lowest BCUT2D eigenvalue weighted by atomic mass is 10.1. The maximum absolute atomic E-state index is 12.8. The van der Waals surface area contributed by atoms with Crippen LogP contribution in [0.1, 0.15) is 25.7 Å². The van der Waals surface area contributed by atoms with E-state index in [1.165, 1.54) is 4.70 Å². The molecule has 0 atom stereocenters. The van der Waals surface area contributed by atoms with E-state index >= 15 is 0 Å². The van der Waals surface area contributed by atoms with E-state index in [1.54, 1.807) is 15.6 Å². The largest absolute Gasteiger partial charge is 0.381 e. The summed E-state index contributed by atoms with van der Waals surface area (Å²) in [5.74, 6) is 0. The van der Waals surface area contributed by atoms with Gasteiger partial charge in [-0.15, -0.1) is 0 Å². The van der Waals surface area contributed by atoms with Crippen molar-refractivity contribution in [3.8, 4) is 0 Å². The van der Waals surface area contributed by atoms with Crippen LogP contribution < -0.4 is 5.32 Å². The van der Waals surface area contributed by atoms with Crippen molar-refractivity contribution >= 4 is 36.7 Å². The monoisotopic (exact) mass is 381 g/mol. The van der Waals surface area contributed by atoms with Crippen molar-refractivity contribution in [3.05, 3.63) is 24.3 Å². The number of sulfonamides is 1. The number of thiazole rings is 1. The van der Waals surface area contributed by atoms with Crippen LogP contribution in [0.15, 0.2) is 24.3 Å². The second-order valence-electron chi connectivity index (χ2n) is 6.66. The van der Waals surface area contributed by atoms with Crippen LogP contribution in [-0.4, -0.2) is 55.3 Å². The number of nitrogens with one attached hydrogen (secondary N) is 1. The molecule has 0 unspecified atom stereocenters. The maximum Gasteiger partial charge on any atom is 0.217 e. The number of benzene rings is 1. The van der Waals surface area contributed by atoms with E-state index < -0.39 is 10.0 Å². The third kappa shape index (κ3) is 3.67. The normalized spacial score (nSPS) is 21.6. The van der Waals surface area contributed by atoms with Gasteiger partial charge in [0.05, 0.1) is 15.5 Å². The third-order valence-electron chi connectivity index (χ3n) is 5.02. The van der Waals surface area contributed by atoms with Crippen molar-refractivity contribution < 1.29 is 13.2 Å². The molecule has 2 saturated heterocycles. The third-order valence-corrected chi connectivity index (χ3v) is 8.39. The molecule has 2 fully saturated rings. The van der Waals surface area contributed by atoms with Crippen LogP contribution in [0.25, 0.3) is 10.2 Å². The summed E-state index contributed by atoms with van der Waals surface area (Å²) in [5.41, 5.74) is 1.01. The first kappa shape index (κ1) is 17.2. The zero-order valence-corrected chi connectivity index (χ0v) is 15.7. The Morgan fingerprint density at radius 1 is 1.12 bits per heavy atom. The Bertz CT molecular complexity index is 790. The highest BCUT2D eigenvalue weighted by Crippen LogP contribution is 2.28. The molecule has 0 saturated carbocycles. The van der Waals surface area contributed by atoms with Crippen LogP contribution >= 0.6 is 11.3 Å². The van der Waals surface area contributed by atoms with E-state index in [0.717, 1.165) is 23.5 Å². The lowest BCUT2D eigenvalue weighted by molar-refractivity contribution is 0.0969. The Kier molecular flexibility index (Phi) is 4.95. The van der Waals surface area contributed by atoms with Crippen LogP contribution in [0.2, 0.25) is 0 Å². The van der Waals surface area contributed by atoms with Crippen LogP contribution in [-0.2, 0) is 14.8 Å². The summed E-state index contributed by atoms with van der Waals surface area (Å²) < 4.78 is 33.7. The van der Waals surface area contributed by atoms with E-state index in [-0.39, 0.29) is 11.3 Å². The zero-order valence-electron chi connectivity index (χ0n) is 14.1. The van der Waals surface area contributed by atoms with Crippen LogP contribution in [0.3, 0.4) is 0 Å². The summed E-state index contributed by atoms with van der Waals surface area (Å²) in [7, 11) is -3.19. The van der Waals surface area contributed by atoms with Gasteiger partial charge in [0.2, 0.25) is 10.0 Å². The fourth-order valence-electron chi connectivity index (χ4n) is 3.55. The first-order chi connectivity index (χ1) is 12.1. The Balaban J connectivity index is 1.36. The Labute approximate surface area is 152 Å². The van der Waals surface area contributed by atoms with Crippen LogP contribution in [0.5, 0.6) is 0 Å². The second kappa shape index (κ2) is 7.19. The molecule has 3 heterocycles. The highest BCUT2D eigenvalue weighted by molar-refractivity contribution is 7.89. The average molecular weight is 382 g/mol. The minimum Gasteiger partial charge on any atom is -0.381 e. The molecule has 0 radical (unpaired) electrons. The van der Waals surface area contributed by atoms with Crippen molar-refractivity contribution in [1.29, 1.82) is 0 Å². The summed E-state index contributed by atoms with van der Waals surface area (Å²) >= 11 is 1.65. The van der Waals surface area contributed by atoms with Gasteiger partial charge >= 0.3 is 0 Å². The van der Waals surface area contributed by atoms with E-state index in [1.807, 2.05) is 18.2 Å². The molecule has 2 aromatic rings. The zero-order chi connectivity index (χ0) is 17.3. The molecule has 0 bridgehead atoms. The first-order valence-electron chi connectivity index (χ1n) is 8.82. The van der Waals surface area contributed by atoms with Gasteiger partial charge in [0.1, 0.15) is 0 Å². The summed E-state index contributed by atoms with van der Waals surface area (Å²) in [5, 5.41) is 4.14. The van der Waals surface area contributed by atoms with E-state index in [0.29, 0.717) is 39.1 Å². The van der Waals surface area contributed by atoms with Gasteiger partial charge in [0, 0.05) is 32.3 Å². The first-order valence-corrected chi connectivity index (χ1v) is 11.1. The number of anilines is 1. The number of rotatable bonds is 4. The van der Waals surface area contributed by atoms with Gasteiger partial charge in [-0.3, -0.25) is 0 Å². The van der Waals surface area contributed by atoms with Gasteiger partial charge in [-0.05, 0) is 37.8 Å². The Hall–Kier alpha value is -1.22. The van der Waals surface area contributed by atoms with Gasteiger partial charge < -0.3 is 10.1 Å². The number of nitrogens with zero attached hydrogens (tertiary/aromatic N) is 2. The lowest BCUT2D eigenvalue weighted by Crippen LogP contribution is -2.47. The van der Waals surface area contributed by atoms with Crippen molar-refractivity contribution in [2.45, 2.75) is 37.0 Å². The number of hydrogen-bond donors (Lipinski definition) is 1. The Morgan fingerprint density at radius 3 is 2.56 bits per heavy atom. The highest BCUT2D eigenvalue weighted by Gasteiger charge is 2.35. The molecule has 2 aliphatic heterocycles. The van der Waals surface area contributed by atoms with Gasteiger partial charge in [0.15, 0.2) is 5.13 Å². The molecule has 6 nitrogen and oxygen atoms in total. The molecule has 8 heteroatoms. The lowest BCUT2D eigenvalue weighted by Gasteiger charge is -2.35. The topological polar surface area (TPSA) is 71.5 Å². The Morgan fingerprint density at radius 2 is 1.84 bits per heavy atom. The van der Waals surface area contributed by atoms with E-state index in [4.69, 9.17) is 4.74 Å². The predicted octanol–water partition coefficient (Wildman–Crippen LogP) is 2.68.